The first kappa shape index (κ1) is 15.8. The average Bonchev–Trinajstić information content (AvgIpc) is 2.48. The lowest BCUT2D eigenvalue weighted by Gasteiger charge is -2.31. The zero-order valence-electron chi connectivity index (χ0n) is 11.4. The van der Waals surface area contributed by atoms with Crippen molar-refractivity contribution in [3.8, 4) is 0 Å². The topological polar surface area (TPSA) is 63.4 Å². The molecule has 2 amide bonds. The van der Waals surface area contributed by atoms with Crippen molar-refractivity contribution < 1.29 is 18.4 Å². The molecule has 1 aliphatic rings. The van der Waals surface area contributed by atoms with Gasteiger partial charge in [-0.3, -0.25) is 9.59 Å². The van der Waals surface area contributed by atoms with Crippen LogP contribution in [0.15, 0.2) is 23.1 Å². The van der Waals surface area contributed by atoms with Crippen LogP contribution in [-0.4, -0.2) is 35.6 Å². The van der Waals surface area contributed by atoms with Crippen LogP contribution >= 0.6 is 11.8 Å². The Hall–Kier alpha value is -1.63. The van der Waals surface area contributed by atoms with Crippen LogP contribution in [0.1, 0.15) is 12.8 Å². The van der Waals surface area contributed by atoms with Gasteiger partial charge in [0.1, 0.15) is 0 Å². The fourth-order valence-corrected chi connectivity index (χ4v) is 3.06. The summed E-state index contributed by atoms with van der Waals surface area (Å²) in [5.41, 5.74) is 5.27. The lowest BCUT2D eigenvalue weighted by molar-refractivity contribution is -0.132. The van der Waals surface area contributed by atoms with Gasteiger partial charge < -0.3 is 10.6 Å². The molecule has 2 rings (SSSR count). The number of hydrogen-bond donors (Lipinski definition) is 1. The van der Waals surface area contributed by atoms with Gasteiger partial charge in [-0.15, -0.1) is 11.8 Å². The highest BCUT2D eigenvalue weighted by Gasteiger charge is 2.26. The molecule has 1 heterocycles. The molecule has 1 saturated heterocycles. The third-order valence-corrected chi connectivity index (χ3v) is 4.41. The molecule has 7 heteroatoms. The van der Waals surface area contributed by atoms with E-state index in [-0.39, 0.29) is 23.5 Å². The predicted molar refractivity (Wildman–Crippen MR) is 75.6 cm³/mol. The van der Waals surface area contributed by atoms with E-state index < -0.39 is 11.6 Å². The highest BCUT2D eigenvalue weighted by molar-refractivity contribution is 8.00. The van der Waals surface area contributed by atoms with Crippen molar-refractivity contribution in [2.45, 2.75) is 17.7 Å². The molecule has 2 N–H and O–H groups in total. The Morgan fingerprint density at radius 1 is 1.33 bits per heavy atom. The number of nitrogens with two attached hydrogens (primary N) is 1. The molecule has 0 radical (unpaired) electrons. The summed E-state index contributed by atoms with van der Waals surface area (Å²) in [7, 11) is 0. The average molecular weight is 314 g/mol. The minimum absolute atomic E-state index is 0.122. The van der Waals surface area contributed by atoms with Gasteiger partial charge in [0.2, 0.25) is 11.8 Å². The van der Waals surface area contributed by atoms with Crippen LogP contribution in [0.25, 0.3) is 0 Å². The van der Waals surface area contributed by atoms with Crippen molar-refractivity contribution in [3.05, 3.63) is 29.8 Å². The Bertz CT molecular complexity index is 554. The van der Waals surface area contributed by atoms with E-state index in [4.69, 9.17) is 5.73 Å². The highest BCUT2D eigenvalue weighted by Crippen LogP contribution is 2.22. The van der Waals surface area contributed by atoms with E-state index in [1.54, 1.807) is 4.90 Å². The van der Waals surface area contributed by atoms with Gasteiger partial charge in [0.15, 0.2) is 11.6 Å². The summed E-state index contributed by atoms with van der Waals surface area (Å²) in [6, 6.07) is 3.53. The maximum Gasteiger partial charge on any atom is 0.232 e. The number of rotatable bonds is 4. The van der Waals surface area contributed by atoms with E-state index in [0.29, 0.717) is 24.4 Å². The van der Waals surface area contributed by atoms with Gasteiger partial charge in [0, 0.05) is 18.0 Å². The van der Waals surface area contributed by atoms with Crippen LogP contribution in [-0.2, 0) is 9.59 Å². The van der Waals surface area contributed by atoms with Crippen LogP contribution in [0.2, 0.25) is 0 Å². The minimum atomic E-state index is -0.931. The van der Waals surface area contributed by atoms with Crippen molar-refractivity contribution in [2.24, 2.45) is 11.7 Å². The molecule has 1 aliphatic heterocycles. The lowest BCUT2D eigenvalue weighted by Crippen LogP contribution is -2.44. The largest absolute Gasteiger partial charge is 0.369 e. The second kappa shape index (κ2) is 6.89. The summed E-state index contributed by atoms with van der Waals surface area (Å²) < 4.78 is 25.9. The minimum Gasteiger partial charge on any atom is -0.369 e. The van der Waals surface area contributed by atoms with Gasteiger partial charge in [-0.1, -0.05) is 0 Å². The first-order valence-electron chi connectivity index (χ1n) is 6.62. The number of nitrogens with zero attached hydrogens (tertiary/aromatic N) is 1. The standard InChI is InChI=1S/C14H16F2N2O2S/c15-11-4-3-10(6-12(11)16)21-8-13(19)18-5-1-2-9(7-18)14(17)20/h3-4,6,9H,1-2,5,7-8H2,(H2,17,20). The normalized spacial score (nSPS) is 18.6. The number of thioether (sulfide) groups is 1. The van der Waals surface area contributed by atoms with E-state index in [2.05, 4.69) is 0 Å². The molecule has 0 aromatic heterocycles. The zero-order valence-corrected chi connectivity index (χ0v) is 12.2. The van der Waals surface area contributed by atoms with Gasteiger partial charge in [0.05, 0.1) is 11.7 Å². The second-order valence-electron chi connectivity index (χ2n) is 4.95. The Labute approximate surface area is 125 Å². The number of carbonyl (C=O) groups excluding carboxylic acids is 2. The molecule has 0 spiro atoms. The molecule has 114 valence electrons. The summed E-state index contributed by atoms with van der Waals surface area (Å²) in [5, 5.41) is 0. The monoisotopic (exact) mass is 314 g/mol. The van der Waals surface area contributed by atoms with Crippen molar-refractivity contribution in [1.82, 2.24) is 4.90 Å². The molecule has 1 atom stereocenters. The van der Waals surface area contributed by atoms with E-state index in [1.807, 2.05) is 0 Å². The SMILES string of the molecule is NC(=O)C1CCCN(C(=O)CSc2ccc(F)c(F)c2)C1. The molecular weight excluding hydrogens is 298 g/mol. The van der Waals surface area contributed by atoms with E-state index >= 15 is 0 Å². The second-order valence-corrected chi connectivity index (χ2v) is 5.99. The summed E-state index contributed by atoms with van der Waals surface area (Å²) in [6.45, 7) is 0.938. The van der Waals surface area contributed by atoms with Gasteiger partial charge in [-0.2, -0.15) is 0 Å². The third-order valence-electron chi connectivity index (χ3n) is 3.43. The van der Waals surface area contributed by atoms with Crippen molar-refractivity contribution in [3.63, 3.8) is 0 Å². The first-order valence-corrected chi connectivity index (χ1v) is 7.61. The molecule has 1 unspecified atom stereocenters. The van der Waals surface area contributed by atoms with Crippen molar-refractivity contribution >= 4 is 23.6 Å². The molecule has 1 aromatic rings. The van der Waals surface area contributed by atoms with Gasteiger partial charge in [-0.25, -0.2) is 8.78 Å². The molecule has 0 saturated carbocycles. The van der Waals surface area contributed by atoms with E-state index in [1.165, 1.54) is 6.07 Å². The zero-order chi connectivity index (χ0) is 15.4. The highest BCUT2D eigenvalue weighted by atomic mass is 32.2. The number of piperidine rings is 1. The number of carbonyl (C=O) groups is 2. The maximum absolute atomic E-state index is 13.1. The van der Waals surface area contributed by atoms with Crippen molar-refractivity contribution in [2.75, 3.05) is 18.8 Å². The number of amides is 2. The van der Waals surface area contributed by atoms with Gasteiger partial charge in [0.25, 0.3) is 0 Å². The number of hydrogen-bond acceptors (Lipinski definition) is 3. The van der Waals surface area contributed by atoms with Crippen LogP contribution < -0.4 is 5.73 Å². The predicted octanol–water partition coefficient (Wildman–Crippen LogP) is 1.78. The van der Waals surface area contributed by atoms with Gasteiger partial charge >= 0.3 is 0 Å². The first-order chi connectivity index (χ1) is 9.97. The fourth-order valence-electron chi connectivity index (χ4n) is 2.24. The Kier molecular flexibility index (Phi) is 5.17. The molecule has 21 heavy (non-hydrogen) atoms. The van der Waals surface area contributed by atoms with E-state index in [0.717, 1.165) is 30.3 Å². The smallest absolute Gasteiger partial charge is 0.232 e. The van der Waals surface area contributed by atoms with Crippen LogP contribution in [0.4, 0.5) is 8.78 Å². The Balaban J connectivity index is 1.89. The fraction of sp³-hybridized carbons (Fsp3) is 0.429. The summed E-state index contributed by atoms with van der Waals surface area (Å²) in [4.78, 5) is 25.3. The molecule has 0 aliphatic carbocycles. The molecular formula is C14H16F2N2O2S. The van der Waals surface area contributed by atoms with Crippen molar-refractivity contribution in [1.29, 1.82) is 0 Å². The summed E-state index contributed by atoms with van der Waals surface area (Å²) in [6.07, 6.45) is 1.45. The van der Waals surface area contributed by atoms with Gasteiger partial charge in [-0.05, 0) is 31.0 Å². The third kappa shape index (κ3) is 4.17. The van der Waals surface area contributed by atoms with Crippen LogP contribution in [0, 0.1) is 17.6 Å². The lowest BCUT2D eigenvalue weighted by atomic mass is 9.97. The Morgan fingerprint density at radius 3 is 2.76 bits per heavy atom. The van der Waals surface area contributed by atoms with E-state index in [9.17, 15) is 18.4 Å². The van der Waals surface area contributed by atoms with Crippen LogP contribution in [0.3, 0.4) is 0 Å². The summed E-state index contributed by atoms with van der Waals surface area (Å²) >= 11 is 1.14. The summed E-state index contributed by atoms with van der Waals surface area (Å²) in [5.74, 6) is -2.53. The quantitative estimate of drug-likeness (QED) is 0.862. The maximum atomic E-state index is 13.1. The number of primary amides is 1. The van der Waals surface area contributed by atoms with Crippen LogP contribution in [0.5, 0.6) is 0 Å². The molecule has 0 bridgehead atoms. The number of halogens is 2. The molecule has 1 fully saturated rings. The Morgan fingerprint density at radius 2 is 2.10 bits per heavy atom. The molecule has 4 nitrogen and oxygen atoms in total. The molecule has 1 aromatic carbocycles. The number of likely N-dealkylation sites (tertiary alicyclic amines) is 1. The number of benzene rings is 1.